The molecule has 0 radical (unpaired) electrons. The zero-order valence-electron chi connectivity index (χ0n) is 27.7. The first-order valence-corrected chi connectivity index (χ1v) is 17.2. The summed E-state index contributed by atoms with van der Waals surface area (Å²) in [5.41, 5.74) is 7.61. The molecule has 0 amide bonds. The van der Waals surface area contributed by atoms with Crippen LogP contribution in [-0.2, 0) is 6.67 Å². The first-order chi connectivity index (χ1) is 24.1. The number of amidine groups is 2. The second-order valence-electron chi connectivity index (χ2n) is 11.6. The van der Waals surface area contributed by atoms with E-state index in [4.69, 9.17) is 9.98 Å². The molecule has 0 fully saturated rings. The molecule has 4 nitrogen and oxygen atoms in total. The van der Waals surface area contributed by atoms with E-state index in [1.54, 1.807) is 0 Å². The van der Waals surface area contributed by atoms with Gasteiger partial charge in [0, 0.05) is 42.1 Å². The Morgan fingerprint density at radius 1 is 0.776 bits per heavy atom. The molecule has 0 unspecified atom stereocenters. The predicted octanol–water partition coefficient (Wildman–Crippen LogP) is 11.9. The highest BCUT2D eigenvalue weighted by Crippen LogP contribution is 2.43. The molecule has 0 atom stereocenters. The van der Waals surface area contributed by atoms with Gasteiger partial charge in [-0.3, -0.25) is 0 Å². The number of thiophene rings is 1. The SMILES string of the molecule is C=C/C=C\C(=C/C)c1ccc2c(c1)c1ccc3sc4c(/C=C/C)cccc4c3c1n2C/N=C(\N=C(N=C)c1ccccc1)c1ccccc1. The third kappa shape index (κ3) is 6.01. The van der Waals surface area contributed by atoms with Gasteiger partial charge in [-0.1, -0.05) is 134 Å². The number of rotatable bonds is 8. The molecule has 0 saturated heterocycles. The summed E-state index contributed by atoms with van der Waals surface area (Å²) in [6, 6.07) is 37.9. The van der Waals surface area contributed by atoms with E-state index in [0.717, 1.165) is 27.8 Å². The quantitative estimate of drug-likeness (QED) is 0.0891. The van der Waals surface area contributed by atoms with Crippen LogP contribution in [0.2, 0.25) is 0 Å². The van der Waals surface area contributed by atoms with Gasteiger partial charge in [-0.15, -0.1) is 11.3 Å². The van der Waals surface area contributed by atoms with Gasteiger partial charge in [0.1, 0.15) is 6.67 Å². The highest BCUT2D eigenvalue weighted by molar-refractivity contribution is 7.26. The van der Waals surface area contributed by atoms with Crippen molar-refractivity contribution in [1.82, 2.24) is 4.57 Å². The molecule has 2 heterocycles. The van der Waals surface area contributed by atoms with Gasteiger partial charge >= 0.3 is 0 Å². The third-order valence-electron chi connectivity index (χ3n) is 8.70. The minimum atomic E-state index is 0.365. The largest absolute Gasteiger partial charge is 0.320 e. The fourth-order valence-electron chi connectivity index (χ4n) is 6.46. The maximum atomic E-state index is 5.25. The Morgan fingerprint density at radius 2 is 1.53 bits per heavy atom. The van der Waals surface area contributed by atoms with Gasteiger partial charge in [-0.2, -0.15) is 0 Å². The lowest BCUT2D eigenvalue weighted by atomic mass is 10.0. The van der Waals surface area contributed by atoms with Crippen LogP contribution in [-0.4, -0.2) is 23.0 Å². The highest BCUT2D eigenvalue weighted by Gasteiger charge is 2.19. The number of nitrogens with zero attached hydrogens (tertiary/aromatic N) is 4. The first kappa shape index (κ1) is 31.7. The van der Waals surface area contributed by atoms with Crippen molar-refractivity contribution in [2.75, 3.05) is 0 Å². The summed E-state index contributed by atoms with van der Waals surface area (Å²) in [5, 5.41) is 4.88. The average Bonchev–Trinajstić information content (AvgIpc) is 3.69. The molecule has 5 heteroatoms. The molecule has 0 bridgehead atoms. The normalized spacial score (nSPS) is 13.1. The zero-order chi connectivity index (χ0) is 33.7. The van der Waals surface area contributed by atoms with Crippen LogP contribution in [0.25, 0.3) is 53.6 Å². The summed E-state index contributed by atoms with van der Waals surface area (Å²) in [6.45, 7) is 12.2. The van der Waals surface area contributed by atoms with Crippen molar-refractivity contribution in [3.8, 4) is 0 Å². The number of aromatic nitrogens is 1. The Balaban J connectivity index is 1.51. The standard InChI is InChI=1S/C44H36N4S/c1-5-8-17-30(7-3)34-24-26-38-37(28-34)35-25-27-39-40(36-23-15-22-31(16-6-2)42(36)49-39)41(35)48(38)29-46-44(33-20-13-10-14-21-33)47-43(45-4)32-18-11-9-12-19-32/h5-28H,1,4,29H2,2-3H3/b16-6+,17-8-,30-7+,46-44-,47-43?. The Bertz CT molecular complexity index is 2500. The van der Waals surface area contributed by atoms with Gasteiger partial charge in [0.2, 0.25) is 0 Å². The summed E-state index contributed by atoms with van der Waals surface area (Å²) in [5.74, 6) is 1.13. The maximum absolute atomic E-state index is 5.25. The van der Waals surface area contributed by atoms with Gasteiger partial charge in [-0.25, -0.2) is 15.0 Å². The van der Waals surface area contributed by atoms with Gasteiger partial charge < -0.3 is 4.57 Å². The summed E-state index contributed by atoms with van der Waals surface area (Å²) in [7, 11) is 0. The van der Waals surface area contributed by atoms with Crippen molar-refractivity contribution in [2.45, 2.75) is 20.5 Å². The van der Waals surface area contributed by atoms with Gasteiger partial charge in [0.25, 0.3) is 0 Å². The van der Waals surface area contributed by atoms with E-state index in [-0.39, 0.29) is 0 Å². The van der Waals surface area contributed by atoms with E-state index in [1.165, 1.54) is 42.0 Å². The van der Waals surface area contributed by atoms with E-state index in [1.807, 2.05) is 84.2 Å². The Kier molecular flexibility index (Phi) is 9.09. The van der Waals surface area contributed by atoms with Gasteiger partial charge in [0.05, 0.1) is 11.0 Å². The molecule has 49 heavy (non-hydrogen) atoms. The fourth-order valence-corrected chi connectivity index (χ4v) is 7.66. The van der Waals surface area contributed by atoms with Crippen LogP contribution < -0.4 is 0 Å². The molecule has 0 N–H and O–H groups in total. The lowest BCUT2D eigenvalue weighted by Gasteiger charge is -2.09. The van der Waals surface area contributed by atoms with Crippen molar-refractivity contribution >= 4 is 83.4 Å². The molecule has 7 aromatic rings. The molecule has 0 spiro atoms. The predicted molar refractivity (Wildman–Crippen MR) is 216 cm³/mol. The van der Waals surface area contributed by atoms with E-state index < -0.39 is 0 Å². The van der Waals surface area contributed by atoms with Gasteiger partial charge in [0.15, 0.2) is 11.7 Å². The van der Waals surface area contributed by atoms with Crippen molar-refractivity contribution in [1.29, 1.82) is 0 Å². The second-order valence-corrected chi connectivity index (χ2v) is 12.7. The molecule has 238 valence electrons. The smallest absolute Gasteiger partial charge is 0.161 e. The lowest BCUT2D eigenvalue weighted by Crippen LogP contribution is -2.07. The Hall–Kier alpha value is -5.91. The molecule has 0 aliphatic heterocycles. The fraction of sp³-hybridized carbons (Fsp3) is 0.0682. The molecule has 0 saturated carbocycles. The van der Waals surface area contributed by atoms with Crippen molar-refractivity contribution in [2.24, 2.45) is 15.0 Å². The molecular weight excluding hydrogens is 617 g/mol. The van der Waals surface area contributed by atoms with Crippen molar-refractivity contribution in [3.63, 3.8) is 0 Å². The number of fused-ring (bicyclic) bond motifs is 7. The monoisotopic (exact) mass is 652 g/mol. The van der Waals surface area contributed by atoms with E-state index in [0.29, 0.717) is 18.3 Å². The topological polar surface area (TPSA) is 42.0 Å². The summed E-state index contributed by atoms with van der Waals surface area (Å²) >= 11 is 1.84. The summed E-state index contributed by atoms with van der Waals surface area (Å²) in [6.07, 6.45) is 12.3. The Morgan fingerprint density at radius 3 is 2.22 bits per heavy atom. The number of hydrogen-bond acceptors (Lipinski definition) is 2. The maximum Gasteiger partial charge on any atom is 0.161 e. The van der Waals surface area contributed by atoms with Gasteiger partial charge in [-0.05, 0) is 55.5 Å². The highest BCUT2D eigenvalue weighted by atomic mass is 32.1. The molecular formula is C44H36N4S. The molecule has 2 aromatic heterocycles. The van der Waals surface area contributed by atoms with Crippen LogP contribution >= 0.6 is 11.3 Å². The summed E-state index contributed by atoms with van der Waals surface area (Å²) in [4.78, 5) is 14.6. The first-order valence-electron chi connectivity index (χ1n) is 16.3. The minimum Gasteiger partial charge on any atom is -0.320 e. The number of aliphatic imine (C=N–C) groups is 3. The van der Waals surface area contributed by atoms with Crippen molar-refractivity contribution in [3.05, 3.63) is 168 Å². The van der Waals surface area contributed by atoms with E-state index in [9.17, 15) is 0 Å². The van der Waals surface area contributed by atoms with Crippen LogP contribution in [0.5, 0.6) is 0 Å². The Labute approximate surface area is 290 Å². The lowest BCUT2D eigenvalue weighted by molar-refractivity contribution is 0.793. The molecule has 5 aromatic carbocycles. The van der Waals surface area contributed by atoms with E-state index in [2.05, 4.69) is 110 Å². The molecule has 0 aliphatic rings. The van der Waals surface area contributed by atoms with Crippen LogP contribution in [0, 0.1) is 0 Å². The number of allylic oxidation sites excluding steroid dienone is 6. The van der Waals surface area contributed by atoms with Crippen LogP contribution in [0.15, 0.2) is 161 Å². The zero-order valence-corrected chi connectivity index (χ0v) is 28.5. The minimum absolute atomic E-state index is 0.365. The van der Waals surface area contributed by atoms with Crippen LogP contribution in [0.1, 0.15) is 36.1 Å². The molecule has 0 aliphatic carbocycles. The van der Waals surface area contributed by atoms with Crippen LogP contribution in [0.4, 0.5) is 0 Å². The number of hydrogen-bond donors (Lipinski definition) is 0. The molecule has 7 rings (SSSR count). The second kappa shape index (κ2) is 14.1. The van der Waals surface area contributed by atoms with Crippen molar-refractivity contribution < 1.29 is 0 Å². The third-order valence-corrected chi connectivity index (χ3v) is 9.92. The van der Waals surface area contributed by atoms with Crippen LogP contribution in [0.3, 0.4) is 0 Å². The summed E-state index contributed by atoms with van der Waals surface area (Å²) < 4.78 is 4.88. The van der Waals surface area contributed by atoms with E-state index >= 15 is 0 Å². The average molecular weight is 653 g/mol. The number of benzene rings is 5.